The van der Waals surface area contributed by atoms with Crippen LogP contribution in [0.5, 0.6) is 0 Å². The first kappa shape index (κ1) is 18.8. The molecule has 0 spiro atoms. The summed E-state index contributed by atoms with van der Waals surface area (Å²) in [6, 6.07) is 29.8. The summed E-state index contributed by atoms with van der Waals surface area (Å²) in [6.07, 6.45) is -1.35. The van der Waals surface area contributed by atoms with Gasteiger partial charge >= 0.3 is 0 Å². The van der Waals surface area contributed by atoms with Gasteiger partial charge in [-0.15, -0.1) is 0 Å². The van der Waals surface area contributed by atoms with Crippen LogP contribution < -0.4 is 5.73 Å². The third-order valence-electron chi connectivity index (χ3n) is 5.28. The van der Waals surface area contributed by atoms with E-state index in [1.54, 1.807) is 0 Å². The molecule has 3 N–H and O–H groups in total. The molecule has 1 saturated heterocycles. The lowest BCUT2D eigenvalue weighted by atomic mass is 9.79. The van der Waals surface area contributed by atoms with Gasteiger partial charge in [0.1, 0.15) is 11.7 Å². The molecule has 0 radical (unpaired) electrons. The second-order valence-electron chi connectivity index (χ2n) is 7.13. The van der Waals surface area contributed by atoms with Crippen molar-refractivity contribution in [3.8, 4) is 0 Å². The molecular weight excluding hydrogens is 350 g/mol. The van der Waals surface area contributed by atoms with E-state index in [4.69, 9.17) is 15.2 Å². The van der Waals surface area contributed by atoms with Gasteiger partial charge in [0.2, 0.25) is 0 Å². The number of benzene rings is 3. The minimum absolute atomic E-state index is 0.295. The fourth-order valence-electron chi connectivity index (χ4n) is 3.85. The molecule has 3 aromatic carbocycles. The normalized spacial score (nSPS) is 22.7. The number of nitrogens with two attached hydrogens (primary N) is 1. The molecule has 1 aliphatic rings. The summed E-state index contributed by atoms with van der Waals surface area (Å²) in [5, 5.41) is 10.7. The third-order valence-corrected chi connectivity index (χ3v) is 5.28. The summed E-state index contributed by atoms with van der Waals surface area (Å²) < 4.78 is 12.4. The summed E-state index contributed by atoms with van der Waals surface area (Å²) in [4.78, 5) is 0. The Morgan fingerprint density at radius 2 is 1.18 bits per heavy atom. The highest BCUT2D eigenvalue weighted by atomic mass is 16.6. The van der Waals surface area contributed by atoms with Crippen LogP contribution in [0.4, 0.5) is 0 Å². The first-order valence-electron chi connectivity index (χ1n) is 9.57. The molecule has 0 bridgehead atoms. The van der Waals surface area contributed by atoms with Gasteiger partial charge in [-0.2, -0.15) is 0 Å². The Balaban J connectivity index is 1.91. The van der Waals surface area contributed by atoms with Crippen molar-refractivity contribution in [3.63, 3.8) is 0 Å². The molecule has 4 heteroatoms. The van der Waals surface area contributed by atoms with Crippen molar-refractivity contribution in [1.29, 1.82) is 0 Å². The van der Waals surface area contributed by atoms with Crippen LogP contribution in [0.15, 0.2) is 91.0 Å². The molecule has 0 aliphatic carbocycles. The summed E-state index contributed by atoms with van der Waals surface area (Å²) in [6.45, 7) is 0.624. The van der Waals surface area contributed by atoms with Gasteiger partial charge in [-0.05, 0) is 16.7 Å². The smallest absolute Gasteiger partial charge is 0.144 e. The van der Waals surface area contributed by atoms with Crippen molar-refractivity contribution in [2.45, 2.75) is 23.9 Å². The van der Waals surface area contributed by atoms with Crippen LogP contribution in [0.3, 0.4) is 0 Å². The lowest BCUT2D eigenvalue weighted by molar-refractivity contribution is -0.164. The number of aliphatic hydroxyl groups excluding tert-OH is 1. The Hall–Kier alpha value is -2.50. The SMILES string of the molecule is N[C@H]1COC[C@@H](OC(c2ccccc2)(c2ccccc2)c2ccccc2)[C@@H]1O. The second kappa shape index (κ2) is 8.25. The molecule has 0 saturated carbocycles. The molecule has 0 unspecified atom stereocenters. The Kier molecular flexibility index (Phi) is 5.55. The van der Waals surface area contributed by atoms with Crippen LogP contribution in [0.2, 0.25) is 0 Å². The van der Waals surface area contributed by atoms with Crippen LogP contribution in [-0.2, 0) is 15.1 Å². The van der Waals surface area contributed by atoms with Gasteiger partial charge in [-0.25, -0.2) is 0 Å². The summed E-state index contributed by atoms with van der Waals surface area (Å²) in [5.74, 6) is 0. The number of hydrogen-bond donors (Lipinski definition) is 2. The fraction of sp³-hybridized carbons (Fsp3) is 0.250. The lowest BCUT2D eigenvalue weighted by Crippen LogP contribution is -2.55. The zero-order valence-corrected chi connectivity index (χ0v) is 15.6. The van der Waals surface area contributed by atoms with Crippen molar-refractivity contribution in [2.24, 2.45) is 5.73 Å². The highest BCUT2D eigenvalue weighted by Crippen LogP contribution is 2.42. The van der Waals surface area contributed by atoms with E-state index in [0.29, 0.717) is 13.2 Å². The first-order chi connectivity index (χ1) is 13.7. The van der Waals surface area contributed by atoms with Gasteiger partial charge < -0.3 is 20.3 Å². The van der Waals surface area contributed by atoms with E-state index < -0.39 is 23.9 Å². The van der Waals surface area contributed by atoms with Crippen LogP contribution >= 0.6 is 0 Å². The minimum atomic E-state index is -0.893. The molecule has 3 aromatic rings. The maximum Gasteiger partial charge on any atom is 0.144 e. The monoisotopic (exact) mass is 375 g/mol. The predicted octanol–water partition coefficient (Wildman–Crippen LogP) is 3.08. The maximum absolute atomic E-state index is 10.7. The van der Waals surface area contributed by atoms with E-state index >= 15 is 0 Å². The average molecular weight is 375 g/mol. The maximum atomic E-state index is 10.7. The van der Waals surface area contributed by atoms with Gasteiger partial charge in [-0.1, -0.05) is 91.0 Å². The van der Waals surface area contributed by atoms with Gasteiger partial charge in [0, 0.05) is 0 Å². The van der Waals surface area contributed by atoms with Crippen molar-refractivity contribution < 1.29 is 14.6 Å². The number of aliphatic hydroxyl groups is 1. The van der Waals surface area contributed by atoms with Gasteiger partial charge in [0.15, 0.2) is 0 Å². The second-order valence-corrected chi connectivity index (χ2v) is 7.13. The molecule has 0 amide bonds. The molecule has 3 atom stereocenters. The Morgan fingerprint density at radius 3 is 1.61 bits per heavy atom. The first-order valence-corrected chi connectivity index (χ1v) is 9.57. The van der Waals surface area contributed by atoms with Gasteiger partial charge in [-0.3, -0.25) is 0 Å². The number of ether oxygens (including phenoxy) is 2. The van der Waals surface area contributed by atoms with Crippen LogP contribution in [0, 0.1) is 0 Å². The zero-order valence-electron chi connectivity index (χ0n) is 15.6. The van der Waals surface area contributed by atoms with Crippen molar-refractivity contribution in [1.82, 2.24) is 0 Å². The van der Waals surface area contributed by atoms with Gasteiger partial charge in [0.25, 0.3) is 0 Å². The van der Waals surface area contributed by atoms with Crippen molar-refractivity contribution >= 4 is 0 Å². The summed E-state index contributed by atoms with van der Waals surface area (Å²) >= 11 is 0. The standard InChI is InChI=1S/C24H25NO3/c25-21-16-27-17-22(23(21)26)28-24(18-10-4-1-5-11-18,19-12-6-2-7-13-19)20-14-8-3-9-15-20/h1-15,21-23,26H,16-17,25H2/t21-,22+,23+/m0/s1. The Morgan fingerprint density at radius 1 is 0.750 bits per heavy atom. The van der Waals surface area contributed by atoms with Crippen LogP contribution in [-0.4, -0.2) is 36.6 Å². The van der Waals surface area contributed by atoms with E-state index in [0.717, 1.165) is 16.7 Å². The number of hydrogen-bond acceptors (Lipinski definition) is 4. The molecular formula is C24H25NO3. The zero-order chi connectivity index (χ0) is 19.4. The van der Waals surface area contributed by atoms with E-state index in [1.807, 2.05) is 54.6 Å². The highest BCUT2D eigenvalue weighted by molar-refractivity contribution is 5.47. The fourth-order valence-corrected chi connectivity index (χ4v) is 3.85. The predicted molar refractivity (Wildman–Crippen MR) is 109 cm³/mol. The molecule has 28 heavy (non-hydrogen) atoms. The van der Waals surface area contributed by atoms with E-state index in [9.17, 15) is 5.11 Å². The topological polar surface area (TPSA) is 64.7 Å². The average Bonchev–Trinajstić information content (AvgIpc) is 2.77. The summed E-state index contributed by atoms with van der Waals surface area (Å²) in [5.41, 5.74) is 8.11. The molecule has 4 nitrogen and oxygen atoms in total. The quantitative estimate of drug-likeness (QED) is 0.673. The minimum Gasteiger partial charge on any atom is -0.389 e. The largest absolute Gasteiger partial charge is 0.389 e. The third kappa shape index (κ3) is 3.48. The van der Waals surface area contributed by atoms with E-state index in [-0.39, 0.29) is 0 Å². The molecule has 1 fully saturated rings. The molecule has 144 valence electrons. The lowest BCUT2D eigenvalue weighted by Gasteiger charge is -2.42. The Bertz CT molecular complexity index is 773. The van der Waals surface area contributed by atoms with Gasteiger partial charge in [0.05, 0.1) is 25.4 Å². The van der Waals surface area contributed by atoms with E-state index in [2.05, 4.69) is 36.4 Å². The highest BCUT2D eigenvalue weighted by Gasteiger charge is 2.43. The van der Waals surface area contributed by atoms with Crippen LogP contribution in [0.1, 0.15) is 16.7 Å². The molecule has 4 rings (SSSR count). The molecule has 1 heterocycles. The Labute approximate surface area is 165 Å². The van der Waals surface area contributed by atoms with Crippen LogP contribution in [0.25, 0.3) is 0 Å². The van der Waals surface area contributed by atoms with Crippen molar-refractivity contribution in [3.05, 3.63) is 108 Å². The number of rotatable bonds is 5. The molecule has 1 aliphatic heterocycles. The van der Waals surface area contributed by atoms with E-state index in [1.165, 1.54) is 0 Å². The van der Waals surface area contributed by atoms with Crippen molar-refractivity contribution in [2.75, 3.05) is 13.2 Å². The summed E-state index contributed by atoms with van der Waals surface area (Å²) in [7, 11) is 0. The molecule has 0 aromatic heterocycles.